The van der Waals surface area contributed by atoms with Gasteiger partial charge >= 0.3 is 17.9 Å². The molecule has 0 rings (SSSR count). The number of ether oxygens (including phenoxy) is 3. The highest BCUT2D eigenvalue weighted by atomic mass is 16.6. The molecule has 0 aliphatic heterocycles. The van der Waals surface area contributed by atoms with Gasteiger partial charge in [0.1, 0.15) is 13.2 Å². The van der Waals surface area contributed by atoms with Gasteiger partial charge in [0, 0.05) is 19.3 Å². The SMILES string of the molecule is CCCCCCCCCCCCCCCCCC(=O)O[C@H](COC(=O)CCCCCCCCCCCCCCCCC(C)C)COC(=O)CCCCCCCCCCCC(C)C. The number of hydrogen-bond donors (Lipinski definition) is 0. The Morgan fingerprint density at radius 1 is 0.306 bits per heavy atom. The lowest BCUT2D eigenvalue weighted by molar-refractivity contribution is -0.167. The van der Waals surface area contributed by atoms with E-state index in [0.717, 1.165) is 69.6 Å². The second-order valence-corrected chi connectivity index (χ2v) is 20.2. The summed E-state index contributed by atoms with van der Waals surface area (Å²) in [4.78, 5) is 38.0. The summed E-state index contributed by atoms with van der Waals surface area (Å²) in [6.45, 7) is 11.4. The van der Waals surface area contributed by atoms with Crippen molar-refractivity contribution in [2.24, 2.45) is 11.8 Å². The van der Waals surface area contributed by atoms with E-state index in [9.17, 15) is 14.4 Å². The summed E-state index contributed by atoms with van der Waals surface area (Å²) in [6, 6.07) is 0. The van der Waals surface area contributed by atoms with Gasteiger partial charge in [-0.05, 0) is 31.1 Å². The van der Waals surface area contributed by atoms with Crippen molar-refractivity contribution in [2.45, 2.75) is 317 Å². The van der Waals surface area contributed by atoms with Crippen molar-refractivity contribution in [3.05, 3.63) is 0 Å². The van der Waals surface area contributed by atoms with Crippen LogP contribution in [0.3, 0.4) is 0 Å². The van der Waals surface area contributed by atoms with Crippen molar-refractivity contribution in [3.8, 4) is 0 Å². The topological polar surface area (TPSA) is 78.9 Å². The van der Waals surface area contributed by atoms with E-state index >= 15 is 0 Å². The molecule has 0 amide bonds. The van der Waals surface area contributed by atoms with Gasteiger partial charge < -0.3 is 14.2 Å². The molecule has 0 spiro atoms. The maximum atomic E-state index is 12.8. The maximum absolute atomic E-state index is 12.8. The zero-order valence-electron chi connectivity index (χ0n) is 42.5. The highest BCUT2D eigenvalue weighted by molar-refractivity contribution is 5.71. The molecular formula is C56H108O6. The average molecular weight is 877 g/mol. The molecule has 0 radical (unpaired) electrons. The van der Waals surface area contributed by atoms with Crippen LogP contribution in [0.5, 0.6) is 0 Å². The van der Waals surface area contributed by atoms with Gasteiger partial charge in [0.15, 0.2) is 6.10 Å². The highest BCUT2D eigenvalue weighted by Crippen LogP contribution is 2.18. The average Bonchev–Trinajstić information content (AvgIpc) is 3.24. The lowest BCUT2D eigenvalue weighted by Gasteiger charge is -2.18. The Hall–Kier alpha value is -1.59. The molecule has 0 unspecified atom stereocenters. The van der Waals surface area contributed by atoms with Crippen LogP contribution in [0.25, 0.3) is 0 Å². The van der Waals surface area contributed by atoms with Gasteiger partial charge in [0.25, 0.3) is 0 Å². The van der Waals surface area contributed by atoms with Crippen LogP contribution in [0.4, 0.5) is 0 Å². The molecule has 0 saturated heterocycles. The predicted molar refractivity (Wildman–Crippen MR) is 266 cm³/mol. The molecule has 0 aliphatic carbocycles. The summed E-state index contributed by atoms with van der Waals surface area (Å²) in [5.41, 5.74) is 0. The third-order valence-corrected chi connectivity index (χ3v) is 12.7. The molecule has 6 nitrogen and oxygen atoms in total. The van der Waals surface area contributed by atoms with Crippen molar-refractivity contribution < 1.29 is 28.6 Å². The van der Waals surface area contributed by atoms with Crippen LogP contribution in [0, 0.1) is 11.8 Å². The molecule has 1 atom stereocenters. The quantitative estimate of drug-likeness (QED) is 0.0344. The Bertz CT molecular complexity index is 947. The summed E-state index contributed by atoms with van der Waals surface area (Å²) in [5, 5.41) is 0. The van der Waals surface area contributed by atoms with E-state index in [1.54, 1.807) is 0 Å². The van der Waals surface area contributed by atoms with Crippen molar-refractivity contribution in [3.63, 3.8) is 0 Å². The molecule has 0 aromatic rings. The highest BCUT2D eigenvalue weighted by Gasteiger charge is 2.19. The van der Waals surface area contributed by atoms with E-state index in [2.05, 4.69) is 34.6 Å². The van der Waals surface area contributed by atoms with E-state index in [4.69, 9.17) is 14.2 Å². The molecule has 0 aromatic heterocycles. The van der Waals surface area contributed by atoms with Crippen molar-refractivity contribution in [1.29, 1.82) is 0 Å². The lowest BCUT2D eigenvalue weighted by atomic mass is 10.0. The molecule has 62 heavy (non-hydrogen) atoms. The fraction of sp³-hybridized carbons (Fsp3) is 0.946. The normalized spacial score (nSPS) is 12.0. The van der Waals surface area contributed by atoms with Gasteiger partial charge in [-0.1, -0.05) is 272 Å². The first-order valence-electron chi connectivity index (χ1n) is 27.7. The summed E-state index contributed by atoms with van der Waals surface area (Å²) in [5.74, 6) is 0.810. The van der Waals surface area contributed by atoms with Crippen LogP contribution in [0.1, 0.15) is 311 Å². The molecule has 0 aromatic carbocycles. The fourth-order valence-electron chi connectivity index (χ4n) is 8.52. The molecule has 6 heteroatoms. The van der Waals surface area contributed by atoms with E-state index in [-0.39, 0.29) is 31.1 Å². The van der Waals surface area contributed by atoms with Gasteiger partial charge in [-0.3, -0.25) is 14.4 Å². The molecule has 0 N–H and O–H groups in total. The van der Waals surface area contributed by atoms with Crippen molar-refractivity contribution in [1.82, 2.24) is 0 Å². The summed E-state index contributed by atoms with van der Waals surface area (Å²) >= 11 is 0. The molecule has 0 bridgehead atoms. The lowest BCUT2D eigenvalue weighted by Crippen LogP contribution is -2.30. The Morgan fingerprint density at radius 3 is 0.790 bits per heavy atom. The van der Waals surface area contributed by atoms with E-state index in [0.29, 0.717) is 19.3 Å². The Morgan fingerprint density at radius 2 is 0.532 bits per heavy atom. The minimum atomic E-state index is -0.762. The summed E-state index contributed by atoms with van der Waals surface area (Å²) in [6.07, 6.45) is 50.9. The molecule has 368 valence electrons. The zero-order chi connectivity index (χ0) is 45.4. The largest absolute Gasteiger partial charge is 0.462 e. The minimum absolute atomic E-state index is 0.0632. The number of hydrogen-bond acceptors (Lipinski definition) is 6. The van der Waals surface area contributed by atoms with Crippen molar-refractivity contribution in [2.75, 3.05) is 13.2 Å². The fourth-order valence-corrected chi connectivity index (χ4v) is 8.52. The predicted octanol–water partition coefficient (Wildman–Crippen LogP) is 18.1. The minimum Gasteiger partial charge on any atom is -0.462 e. The Balaban J connectivity index is 4.29. The number of esters is 3. The first kappa shape index (κ1) is 60.4. The van der Waals surface area contributed by atoms with Gasteiger partial charge in [-0.2, -0.15) is 0 Å². The monoisotopic (exact) mass is 877 g/mol. The molecule has 0 saturated carbocycles. The number of rotatable bonds is 50. The molecular weight excluding hydrogens is 769 g/mol. The number of unbranched alkanes of at least 4 members (excludes halogenated alkanes) is 35. The van der Waals surface area contributed by atoms with Crippen molar-refractivity contribution >= 4 is 17.9 Å². The first-order valence-corrected chi connectivity index (χ1v) is 27.7. The van der Waals surface area contributed by atoms with Crippen LogP contribution in [-0.4, -0.2) is 37.2 Å². The third-order valence-electron chi connectivity index (χ3n) is 12.7. The van der Waals surface area contributed by atoms with E-state index in [1.165, 1.54) is 199 Å². The van der Waals surface area contributed by atoms with E-state index < -0.39 is 6.10 Å². The molecule has 0 heterocycles. The van der Waals surface area contributed by atoms with Gasteiger partial charge in [-0.15, -0.1) is 0 Å². The second-order valence-electron chi connectivity index (χ2n) is 20.2. The number of carbonyl (C=O) groups excluding carboxylic acids is 3. The molecule has 0 fully saturated rings. The summed E-state index contributed by atoms with van der Waals surface area (Å²) in [7, 11) is 0. The van der Waals surface area contributed by atoms with Gasteiger partial charge in [0.2, 0.25) is 0 Å². The standard InChI is InChI=1S/C56H108O6/c1-6-7-8-9-10-11-12-13-14-19-22-27-33-38-43-48-56(59)62-53(50-61-55(58)47-42-37-32-28-23-25-30-35-40-45-52(4)5)49-60-54(57)46-41-36-31-26-21-18-16-15-17-20-24-29-34-39-44-51(2)3/h51-53H,6-50H2,1-5H3/t53-/m1/s1. The van der Waals surface area contributed by atoms with Crippen LogP contribution in [0.2, 0.25) is 0 Å². The van der Waals surface area contributed by atoms with Crippen LogP contribution < -0.4 is 0 Å². The number of carbonyl (C=O) groups is 3. The van der Waals surface area contributed by atoms with Gasteiger partial charge in [-0.25, -0.2) is 0 Å². The Kier molecular flexibility index (Phi) is 47.6. The maximum Gasteiger partial charge on any atom is 0.306 e. The van der Waals surface area contributed by atoms with E-state index in [1.807, 2.05) is 0 Å². The smallest absolute Gasteiger partial charge is 0.306 e. The first-order chi connectivity index (χ1) is 30.2. The van der Waals surface area contributed by atoms with Gasteiger partial charge in [0.05, 0.1) is 0 Å². The second kappa shape index (κ2) is 48.9. The molecule has 0 aliphatic rings. The zero-order valence-corrected chi connectivity index (χ0v) is 42.5. The van der Waals surface area contributed by atoms with Crippen LogP contribution >= 0.6 is 0 Å². The third kappa shape index (κ3) is 49.4. The van der Waals surface area contributed by atoms with Crippen LogP contribution in [0.15, 0.2) is 0 Å². The van der Waals surface area contributed by atoms with Crippen LogP contribution in [-0.2, 0) is 28.6 Å². The Labute approximate surface area is 387 Å². The summed E-state index contributed by atoms with van der Waals surface area (Å²) < 4.78 is 16.9.